The lowest BCUT2D eigenvalue weighted by molar-refractivity contribution is 0.670. The average Bonchev–Trinajstić information content (AvgIpc) is 3.81. The minimum absolute atomic E-state index is 0.879. The number of nitrogens with zero attached hydrogens (tertiary/aromatic N) is 1. The maximum atomic E-state index is 6.80. The van der Waals surface area contributed by atoms with Crippen LogP contribution in [0.3, 0.4) is 0 Å². The first-order valence-electron chi connectivity index (χ1n) is 18.0. The van der Waals surface area contributed by atoms with Crippen molar-refractivity contribution in [3.8, 4) is 22.3 Å². The molecule has 2 heterocycles. The van der Waals surface area contributed by atoms with E-state index in [1.807, 2.05) is 11.3 Å². The number of hydrogen-bond acceptors (Lipinski definition) is 3. The van der Waals surface area contributed by atoms with Crippen molar-refractivity contribution in [2.24, 2.45) is 0 Å². The van der Waals surface area contributed by atoms with E-state index in [2.05, 4.69) is 193 Å². The Balaban J connectivity index is 1.24. The zero-order valence-corrected chi connectivity index (χ0v) is 29.5. The minimum Gasteiger partial charge on any atom is -0.455 e. The van der Waals surface area contributed by atoms with E-state index in [1.54, 1.807) is 0 Å². The predicted molar refractivity (Wildman–Crippen MR) is 227 cm³/mol. The largest absolute Gasteiger partial charge is 0.455 e. The summed E-state index contributed by atoms with van der Waals surface area (Å²) in [6.07, 6.45) is 0. The third kappa shape index (κ3) is 4.78. The Morgan fingerprint density at radius 2 is 1.09 bits per heavy atom. The fraction of sp³-hybridized carbons (Fsp3) is 0. The number of benzene rings is 9. The molecule has 0 aliphatic carbocycles. The number of thiophene rings is 1. The van der Waals surface area contributed by atoms with Crippen molar-refractivity contribution in [1.29, 1.82) is 0 Å². The third-order valence-electron chi connectivity index (χ3n) is 10.6. The Hall–Kier alpha value is -6.68. The molecule has 0 saturated carbocycles. The highest BCUT2D eigenvalue weighted by atomic mass is 32.1. The fourth-order valence-electron chi connectivity index (χ4n) is 8.18. The van der Waals surface area contributed by atoms with Crippen molar-refractivity contribution in [2.75, 3.05) is 4.90 Å². The summed E-state index contributed by atoms with van der Waals surface area (Å²) in [5.74, 6) is 0. The third-order valence-corrected chi connectivity index (χ3v) is 11.8. The molecule has 0 amide bonds. The van der Waals surface area contributed by atoms with Gasteiger partial charge in [-0.1, -0.05) is 140 Å². The van der Waals surface area contributed by atoms with E-state index >= 15 is 0 Å². The number of furan rings is 1. The molecule has 0 aliphatic rings. The number of fused-ring (bicyclic) bond motifs is 9. The lowest BCUT2D eigenvalue weighted by Gasteiger charge is -2.28. The van der Waals surface area contributed by atoms with Gasteiger partial charge in [0.25, 0.3) is 0 Å². The highest BCUT2D eigenvalue weighted by molar-refractivity contribution is 7.26. The molecule has 2 aromatic heterocycles. The summed E-state index contributed by atoms with van der Waals surface area (Å²) < 4.78 is 9.33. The molecule has 3 heteroatoms. The molecular formula is C50H31NOS. The van der Waals surface area contributed by atoms with E-state index in [0.29, 0.717) is 0 Å². The zero-order valence-electron chi connectivity index (χ0n) is 28.7. The normalized spacial score (nSPS) is 11.8. The maximum absolute atomic E-state index is 6.80. The summed E-state index contributed by atoms with van der Waals surface area (Å²) in [4.78, 5) is 2.47. The van der Waals surface area contributed by atoms with Gasteiger partial charge in [-0.2, -0.15) is 0 Å². The van der Waals surface area contributed by atoms with Crippen LogP contribution in [0.25, 0.3) is 85.9 Å². The maximum Gasteiger partial charge on any atom is 0.145 e. The molecule has 9 aromatic carbocycles. The molecule has 2 nitrogen and oxygen atoms in total. The summed E-state index contributed by atoms with van der Waals surface area (Å²) in [5, 5.41) is 9.64. The van der Waals surface area contributed by atoms with Crippen LogP contribution in [0.1, 0.15) is 0 Å². The molecule has 0 saturated heterocycles. The van der Waals surface area contributed by atoms with Crippen LogP contribution < -0.4 is 4.90 Å². The van der Waals surface area contributed by atoms with E-state index in [9.17, 15) is 0 Å². The number of rotatable bonds is 5. The highest BCUT2D eigenvalue weighted by Gasteiger charge is 2.25. The minimum atomic E-state index is 0.879. The standard InChI is InChI=1S/C50H31NOS/c1-3-12-32(13-4-1)36-25-27-41-47(30-36)53-46-21-11-19-43(48(41)46)51(37-26-24-35-23-22-34-16-7-8-17-38(34)42(35)31-37)44-29-28-39(33-14-5-2-6-15-33)50-49(44)40-18-9-10-20-45(40)52-50/h1-31H. The van der Waals surface area contributed by atoms with Gasteiger partial charge in [0.05, 0.1) is 16.8 Å². The smallest absolute Gasteiger partial charge is 0.145 e. The van der Waals surface area contributed by atoms with Gasteiger partial charge in [0.1, 0.15) is 11.2 Å². The Bertz CT molecular complexity index is 3180. The molecule has 0 N–H and O–H groups in total. The molecule has 0 radical (unpaired) electrons. The van der Waals surface area contributed by atoms with Crippen LogP contribution in [0.5, 0.6) is 0 Å². The van der Waals surface area contributed by atoms with E-state index < -0.39 is 0 Å². The van der Waals surface area contributed by atoms with Gasteiger partial charge in [0.15, 0.2) is 0 Å². The second kappa shape index (κ2) is 11.9. The van der Waals surface area contributed by atoms with E-state index in [1.165, 1.54) is 52.8 Å². The van der Waals surface area contributed by atoms with Crippen LogP contribution in [0, 0.1) is 0 Å². The van der Waals surface area contributed by atoms with Crippen molar-refractivity contribution in [1.82, 2.24) is 0 Å². The Morgan fingerprint density at radius 1 is 0.396 bits per heavy atom. The molecular weight excluding hydrogens is 663 g/mol. The molecule has 0 unspecified atom stereocenters. The summed E-state index contributed by atoms with van der Waals surface area (Å²) in [6.45, 7) is 0. The van der Waals surface area contributed by atoms with Gasteiger partial charge in [0.2, 0.25) is 0 Å². The van der Waals surface area contributed by atoms with Gasteiger partial charge in [-0.15, -0.1) is 11.3 Å². The Kier molecular flexibility index (Phi) is 6.76. The van der Waals surface area contributed by atoms with Gasteiger partial charge in [-0.3, -0.25) is 0 Å². The van der Waals surface area contributed by atoms with Crippen LogP contribution in [0.4, 0.5) is 17.1 Å². The SMILES string of the molecule is c1ccc(-c2ccc3c(c2)sc2cccc(N(c4ccc5ccc6ccccc6c5c4)c4ccc(-c5ccccc5)c5oc6ccccc6c45)c23)cc1. The Labute approximate surface area is 310 Å². The number of para-hydroxylation sites is 1. The molecule has 11 rings (SSSR count). The highest BCUT2D eigenvalue weighted by Crippen LogP contribution is 2.50. The molecule has 248 valence electrons. The van der Waals surface area contributed by atoms with Crippen LogP contribution in [-0.2, 0) is 0 Å². The summed E-state index contributed by atoms with van der Waals surface area (Å²) in [5.41, 5.74) is 9.75. The van der Waals surface area contributed by atoms with E-state index in [-0.39, 0.29) is 0 Å². The van der Waals surface area contributed by atoms with E-state index in [0.717, 1.165) is 50.1 Å². The average molecular weight is 694 g/mol. The van der Waals surface area contributed by atoms with Crippen molar-refractivity contribution >= 4 is 92.1 Å². The second-order valence-electron chi connectivity index (χ2n) is 13.7. The lowest BCUT2D eigenvalue weighted by atomic mass is 9.98. The van der Waals surface area contributed by atoms with Gasteiger partial charge in [0, 0.05) is 36.8 Å². The first kappa shape index (κ1) is 30.0. The fourth-order valence-corrected chi connectivity index (χ4v) is 9.35. The molecule has 0 fully saturated rings. The first-order valence-corrected chi connectivity index (χ1v) is 18.8. The van der Waals surface area contributed by atoms with Gasteiger partial charge in [-0.25, -0.2) is 0 Å². The quantitative estimate of drug-likeness (QED) is 0.167. The lowest BCUT2D eigenvalue weighted by Crippen LogP contribution is -2.11. The zero-order chi connectivity index (χ0) is 34.9. The van der Waals surface area contributed by atoms with Crippen LogP contribution in [0.15, 0.2) is 192 Å². The van der Waals surface area contributed by atoms with Gasteiger partial charge >= 0.3 is 0 Å². The van der Waals surface area contributed by atoms with E-state index in [4.69, 9.17) is 4.42 Å². The van der Waals surface area contributed by atoms with Crippen LogP contribution >= 0.6 is 11.3 Å². The topological polar surface area (TPSA) is 16.4 Å². The van der Waals surface area contributed by atoms with Crippen LogP contribution in [-0.4, -0.2) is 0 Å². The Morgan fingerprint density at radius 3 is 1.94 bits per heavy atom. The molecule has 0 aliphatic heterocycles. The first-order chi connectivity index (χ1) is 26.3. The number of anilines is 3. The van der Waals surface area contributed by atoms with Gasteiger partial charge in [-0.05, 0) is 86.8 Å². The number of hydrogen-bond donors (Lipinski definition) is 0. The molecule has 0 atom stereocenters. The van der Waals surface area contributed by atoms with Gasteiger partial charge < -0.3 is 9.32 Å². The molecule has 0 bridgehead atoms. The van der Waals surface area contributed by atoms with Crippen molar-refractivity contribution in [3.63, 3.8) is 0 Å². The van der Waals surface area contributed by atoms with Crippen molar-refractivity contribution < 1.29 is 4.42 Å². The molecule has 11 aromatic rings. The predicted octanol–water partition coefficient (Wildman–Crippen LogP) is 15.1. The summed E-state index contributed by atoms with van der Waals surface area (Å²) >= 11 is 1.86. The van der Waals surface area contributed by atoms with Crippen molar-refractivity contribution in [3.05, 3.63) is 188 Å². The second-order valence-corrected chi connectivity index (χ2v) is 14.7. The summed E-state index contributed by atoms with van der Waals surface area (Å²) in [6, 6.07) is 67.9. The van der Waals surface area contributed by atoms with Crippen LogP contribution in [0.2, 0.25) is 0 Å². The summed E-state index contributed by atoms with van der Waals surface area (Å²) in [7, 11) is 0. The molecule has 0 spiro atoms. The molecule has 53 heavy (non-hydrogen) atoms. The van der Waals surface area contributed by atoms with Crippen molar-refractivity contribution in [2.45, 2.75) is 0 Å². The monoisotopic (exact) mass is 693 g/mol.